The fourth-order valence-electron chi connectivity index (χ4n) is 1.57. The monoisotopic (exact) mass is 220 g/mol. The number of nitrogens with zero attached hydrogens (tertiary/aromatic N) is 1. The van der Waals surface area contributed by atoms with Crippen molar-refractivity contribution in [1.29, 1.82) is 0 Å². The summed E-state index contributed by atoms with van der Waals surface area (Å²) in [7, 11) is -1.25. The molecular weight excluding hydrogens is 200 g/mol. The lowest BCUT2D eigenvalue weighted by Crippen LogP contribution is -2.43. The smallest absolute Gasteiger partial charge is 0.219 e. The lowest BCUT2D eigenvalue weighted by atomic mass is 10.3. The minimum atomic E-state index is -3.13. The van der Waals surface area contributed by atoms with Crippen LogP contribution < -0.4 is 5.32 Å². The number of sulfonamides is 1. The molecule has 1 atom stereocenters. The molecule has 4 nitrogen and oxygen atoms in total. The van der Waals surface area contributed by atoms with Crippen LogP contribution in [0.4, 0.5) is 0 Å². The highest BCUT2D eigenvalue weighted by molar-refractivity contribution is 7.90. The van der Waals surface area contributed by atoms with Crippen molar-refractivity contribution in [2.75, 3.05) is 20.1 Å². The molecule has 1 fully saturated rings. The third-order valence-electron chi connectivity index (χ3n) is 2.67. The molecule has 5 heteroatoms. The second-order valence-corrected chi connectivity index (χ2v) is 7.44. The van der Waals surface area contributed by atoms with Gasteiger partial charge in [0.15, 0.2) is 0 Å². The van der Waals surface area contributed by atoms with Crippen molar-refractivity contribution in [2.24, 2.45) is 0 Å². The van der Waals surface area contributed by atoms with E-state index in [0.29, 0.717) is 19.1 Å². The maximum atomic E-state index is 12.0. The van der Waals surface area contributed by atoms with Gasteiger partial charge in [-0.15, -0.1) is 0 Å². The quantitative estimate of drug-likeness (QED) is 0.733. The van der Waals surface area contributed by atoms with Crippen molar-refractivity contribution in [3.8, 4) is 0 Å². The van der Waals surface area contributed by atoms with E-state index < -0.39 is 14.8 Å². The Balaban J connectivity index is 2.77. The minimum Gasteiger partial charge on any atom is -0.316 e. The van der Waals surface area contributed by atoms with Crippen molar-refractivity contribution in [3.05, 3.63) is 0 Å². The molecule has 0 aromatic heterocycles. The van der Waals surface area contributed by atoms with Gasteiger partial charge in [0.2, 0.25) is 10.0 Å². The molecule has 14 heavy (non-hydrogen) atoms. The van der Waals surface area contributed by atoms with E-state index >= 15 is 0 Å². The molecule has 0 aromatic rings. The summed E-state index contributed by atoms with van der Waals surface area (Å²) in [4.78, 5) is 0. The maximum Gasteiger partial charge on any atom is 0.219 e. The van der Waals surface area contributed by atoms with Crippen LogP contribution in [-0.4, -0.2) is 43.6 Å². The SMILES string of the molecule is CNC1CCN(S(=O)(=O)C(C)(C)C)C1. The van der Waals surface area contributed by atoms with Gasteiger partial charge in [0, 0.05) is 19.1 Å². The van der Waals surface area contributed by atoms with E-state index in [2.05, 4.69) is 5.32 Å². The predicted octanol–water partition coefficient (Wildman–Crippen LogP) is 0.408. The molecule has 0 bridgehead atoms. The van der Waals surface area contributed by atoms with Gasteiger partial charge >= 0.3 is 0 Å². The summed E-state index contributed by atoms with van der Waals surface area (Å²) in [5.74, 6) is 0. The molecule has 1 aliphatic heterocycles. The molecule has 1 rings (SSSR count). The highest BCUT2D eigenvalue weighted by atomic mass is 32.2. The van der Waals surface area contributed by atoms with E-state index in [1.165, 1.54) is 0 Å². The second kappa shape index (κ2) is 3.79. The number of rotatable bonds is 2. The van der Waals surface area contributed by atoms with Gasteiger partial charge in [-0.2, -0.15) is 4.31 Å². The number of hydrogen-bond acceptors (Lipinski definition) is 3. The zero-order valence-corrected chi connectivity index (χ0v) is 10.2. The zero-order valence-electron chi connectivity index (χ0n) is 9.37. The van der Waals surface area contributed by atoms with Crippen molar-refractivity contribution in [3.63, 3.8) is 0 Å². The molecule has 0 radical (unpaired) electrons. The van der Waals surface area contributed by atoms with Crippen LogP contribution in [0.2, 0.25) is 0 Å². The topological polar surface area (TPSA) is 49.4 Å². The largest absolute Gasteiger partial charge is 0.316 e. The molecule has 84 valence electrons. The molecule has 0 spiro atoms. The molecule has 0 aliphatic carbocycles. The summed E-state index contributed by atoms with van der Waals surface area (Å²) in [6.07, 6.45) is 0.909. The molecule has 0 amide bonds. The Bertz CT molecular complexity index is 292. The van der Waals surface area contributed by atoms with E-state index in [1.807, 2.05) is 7.05 Å². The van der Waals surface area contributed by atoms with Gasteiger partial charge in [0.1, 0.15) is 0 Å². The van der Waals surface area contributed by atoms with E-state index in [-0.39, 0.29) is 0 Å². The van der Waals surface area contributed by atoms with E-state index in [1.54, 1.807) is 25.1 Å². The maximum absolute atomic E-state index is 12.0. The summed E-state index contributed by atoms with van der Waals surface area (Å²) < 4.78 is 24.9. The normalized spacial score (nSPS) is 25.6. The zero-order chi connectivity index (χ0) is 11.0. The number of nitrogens with one attached hydrogen (secondary N) is 1. The first-order valence-electron chi connectivity index (χ1n) is 4.96. The summed E-state index contributed by atoms with van der Waals surface area (Å²) in [5.41, 5.74) is 0. The van der Waals surface area contributed by atoms with Crippen LogP contribution in [0.3, 0.4) is 0 Å². The summed E-state index contributed by atoms with van der Waals surface area (Å²) in [5, 5.41) is 3.11. The van der Waals surface area contributed by atoms with Gasteiger partial charge < -0.3 is 5.32 Å². The average molecular weight is 220 g/mol. The van der Waals surface area contributed by atoms with Crippen LogP contribution in [0, 0.1) is 0 Å². The third kappa shape index (κ3) is 2.10. The summed E-state index contributed by atoms with van der Waals surface area (Å²) >= 11 is 0. The highest BCUT2D eigenvalue weighted by Crippen LogP contribution is 2.24. The molecule has 1 N–H and O–H groups in total. The first kappa shape index (κ1) is 11.9. The van der Waals surface area contributed by atoms with E-state index in [9.17, 15) is 8.42 Å². The fraction of sp³-hybridized carbons (Fsp3) is 1.00. The number of likely N-dealkylation sites (N-methyl/N-ethyl adjacent to an activating group) is 1. The van der Waals surface area contributed by atoms with Gasteiger partial charge in [-0.3, -0.25) is 0 Å². The Labute approximate surface area is 86.7 Å². The van der Waals surface area contributed by atoms with Crippen molar-refractivity contribution in [1.82, 2.24) is 9.62 Å². The van der Waals surface area contributed by atoms with E-state index in [0.717, 1.165) is 6.42 Å². The Morgan fingerprint density at radius 1 is 1.36 bits per heavy atom. The minimum absolute atomic E-state index is 0.312. The average Bonchev–Trinajstić information content (AvgIpc) is 2.49. The Kier molecular flexibility index (Phi) is 3.23. The first-order chi connectivity index (χ1) is 6.29. The van der Waals surface area contributed by atoms with Gasteiger partial charge in [-0.25, -0.2) is 8.42 Å². The van der Waals surface area contributed by atoms with Crippen LogP contribution >= 0.6 is 0 Å². The molecule has 0 saturated carbocycles. The van der Waals surface area contributed by atoms with Gasteiger partial charge in [-0.05, 0) is 34.2 Å². The lowest BCUT2D eigenvalue weighted by Gasteiger charge is -2.26. The summed E-state index contributed by atoms with van der Waals surface area (Å²) in [6, 6.07) is 0.312. The molecule has 0 aromatic carbocycles. The van der Waals surface area contributed by atoms with Gasteiger partial charge in [-0.1, -0.05) is 0 Å². The van der Waals surface area contributed by atoms with Gasteiger partial charge in [0.05, 0.1) is 4.75 Å². The molecule has 1 saturated heterocycles. The Hall–Kier alpha value is -0.130. The van der Waals surface area contributed by atoms with Crippen molar-refractivity contribution < 1.29 is 8.42 Å². The first-order valence-corrected chi connectivity index (χ1v) is 6.40. The molecular formula is C9H20N2O2S. The van der Waals surface area contributed by atoms with Crippen molar-refractivity contribution in [2.45, 2.75) is 38.0 Å². The third-order valence-corrected chi connectivity index (χ3v) is 5.23. The lowest BCUT2D eigenvalue weighted by molar-refractivity contribution is 0.441. The Morgan fingerprint density at radius 2 is 1.93 bits per heavy atom. The standard InChI is InChI=1S/C9H20N2O2S/c1-9(2,3)14(12,13)11-6-5-8(7-11)10-4/h8,10H,5-7H2,1-4H3. The second-order valence-electron chi connectivity index (χ2n) is 4.75. The van der Waals surface area contributed by atoms with Crippen LogP contribution in [-0.2, 0) is 10.0 Å². The summed E-state index contributed by atoms with van der Waals surface area (Å²) in [6.45, 7) is 6.49. The number of hydrogen-bond donors (Lipinski definition) is 1. The highest BCUT2D eigenvalue weighted by Gasteiger charge is 2.38. The fourth-order valence-corrected chi connectivity index (χ4v) is 3.07. The van der Waals surface area contributed by atoms with E-state index in [4.69, 9.17) is 0 Å². The predicted molar refractivity (Wildman–Crippen MR) is 57.7 cm³/mol. The van der Waals surface area contributed by atoms with Crippen LogP contribution in [0.1, 0.15) is 27.2 Å². The van der Waals surface area contributed by atoms with Crippen LogP contribution in [0.25, 0.3) is 0 Å². The molecule has 1 heterocycles. The Morgan fingerprint density at radius 3 is 2.29 bits per heavy atom. The molecule has 1 unspecified atom stereocenters. The van der Waals surface area contributed by atoms with Crippen molar-refractivity contribution >= 4 is 10.0 Å². The van der Waals surface area contributed by atoms with Crippen LogP contribution in [0.5, 0.6) is 0 Å². The molecule has 1 aliphatic rings. The van der Waals surface area contributed by atoms with Crippen LogP contribution in [0.15, 0.2) is 0 Å². The van der Waals surface area contributed by atoms with Gasteiger partial charge in [0.25, 0.3) is 0 Å².